The Kier molecular flexibility index (Phi) is 2.92. The number of nitrogens with zero attached hydrogens (tertiary/aromatic N) is 2. The van der Waals surface area contributed by atoms with Crippen LogP contribution in [0.4, 0.5) is 10.8 Å². The Morgan fingerprint density at radius 3 is 2.90 bits per heavy atom. The van der Waals surface area contributed by atoms with Crippen LogP contribution in [0.2, 0.25) is 0 Å². The fourth-order valence-electron chi connectivity index (χ4n) is 1.63. The molecule has 2 heterocycles. The van der Waals surface area contributed by atoms with Gasteiger partial charge in [0.15, 0.2) is 5.13 Å². The van der Waals surface area contributed by atoms with E-state index in [1.54, 1.807) is 18.2 Å². The normalized spacial score (nSPS) is 10.6. The number of hydrogen-bond donors (Lipinski definition) is 3. The van der Waals surface area contributed by atoms with Crippen LogP contribution in [0.5, 0.6) is 0 Å². The van der Waals surface area contributed by atoms with Crippen molar-refractivity contribution >= 4 is 38.3 Å². The molecule has 7 nitrogen and oxygen atoms in total. The molecule has 1 amide bonds. The van der Waals surface area contributed by atoms with Gasteiger partial charge in [0.05, 0.1) is 10.2 Å². The second-order valence-corrected chi connectivity index (χ2v) is 5.04. The summed E-state index contributed by atoms with van der Waals surface area (Å²) < 4.78 is 0.884. The Labute approximate surface area is 116 Å². The molecule has 2 aromatic heterocycles. The van der Waals surface area contributed by atoms with Gasteiger partial charge >= 0.3 is 0 Å². The van der Waals surface area contributed by atoms with Crippen molar-refractivity contribution in [3.8, 4) is 0 Å². The molecule has 0 atom stereocenters. The molecule has 0 aliphatic heterocycles. The summed E-state index contributed by atoms with van der Waals surface area (Å²) in [4.78, 5) is 27.1. The average Bonchev–Trinajstić information content (AvgIpc) is 2.80. The lowest BCUT2D eigenvalue weighted by Crippen LogP contribution is -2.17. The molecule has 20 heavy (non-hydrogen) atoms. The quantitative estimate of drug-likeness (QED) is 0.613. The molecule has 8 heteroatoms. The predicted octanol–water partition coefficient (Wildman–Crippen LogP) is 1.21. The van der Waals surface area contributed by atoms with Crippen molar-refractivity contribution in [1.29, 1.82) is 0 Å². The van der Waals surface area contributed by atoms with Crippen LogP contribution >= 0.6 is 11.3 Å². The van der Waals surface area contributed by atoms with Gasteiger partial charge in [-0.15, -0.1) is 0 Å². The van der Waals surface area contributed by atoms with Crippen LogP contribution in [0.1, 0.15) is 10.5 Å². The van der Waals surface area contributed by atoms with Crippen molar-refractivity contribution in [3.63, 3.8) is 0 Å². The zero-order valence-corrected chi connectivity index (χ0v) is 10.9. The minimum absolute atomic E-state index is 0.114. The number of fused-ring (bicyclic) bond motifs is 1. The smallest absolute Gasteiger partial charge is 0.277 e. The number of carbonyl (C=O) groups is 1. The molecule has 3 rings (SSSR count). The molecule has 0 aliphatic rings. The number of thiazole rings is 1. The molecular formula is C12H9N5O2S. The van der Waals surface area contributed by atoms with E-state index in [2.05, 4.69) is 20.5 Å². The third-order valence-corrected chi connectivity index (χ3v) is 3.48. The Bertz CT molecular complexity index is 834. The SMILES string of the molecule is Nc1ccc2nc(NC(=O)c3ccc(=O)[nH]n3)sc2c1. The van der Waals surface area contributed by atoms with E-state index in [0.29, 0.717) is 10.8 Å². The summed E-state index contributed by atoms with van der Waals surface area (Å²) in [5.41, 5.74) is 6.84. The standard InChI is InChI=1S/C12H9N5O2S/c13-6-1-2-7-9(5-6)20-12(14-7)15-11(19)8-3-4-10(18)17-16-8/h1-5H,13H2,(H,17,18)(H,14,15,19). The summed E-state index contributed by atoms with van der Waals surface area (Å²) >= 11 is 1.31. The fraction of sp³-hybridized carbons (Fsp3) is 0. The number of anilines is 2. The number of nitrogen functional groups attached to an aromatic ring is 1. The monoisotopic (exact) mass is 287 g/mol. The molecular weight excluding hydrogens is 278 g/mol. The third-order valence-electron chi connectivity index (χ3n) is 2.54. The Balaban J connectivity index is 1.87. The third kappa shape index (κ3) is 2.36. The highest BCUT2D eigenvalue weighted by Gasteiger charge is 2.11. The molecule has 0 aliphatic carbocycles. The first-order valence-corrected chi connectivity index (χ1v) is 6.46. The Morgan fingerprint density at radius 2 is 2.15 bits per heavy atom. The number of nitrogens with one attached hydrogen (secondary N) is 2. The van der Waals surface area contributed by atoms with Crippen LogP contribution in [0.25, 0.3) is 10.2 Å². The van der Waals surface area contributed by atoms with Gasteiger partial charge in [-0.3, -0.25) is 14.9 Å². The van der Waals surface area contributed by atoms with Gasteiger partial charge in [-0.05, 0) is 24.3 Å². The number of H-pyrrole nitrogens is 1. The molecule has 4 N–H and O–H groups in total. The maximum atomic E-state index is 11.9. The first kappa shape index (κ1) is 12.3. The van der Waals surface area contributed by atoms with Crippen LogP contribution in [-0.4, -0.2) is 21.1 Å². The van der Waals surface area contributed by atoms with Crippen LogP contribution < -0.4 is 16.6 Å². The molecule has 3 aromatic rings. The van der Waals surface area contributed by atoms with E-state index in [1.807, 2.05) is 0 Å². The zero-order valence-electron chi connectivity index (χ0n) is 10.1. The minimum Gasteiger partial charge on any atom is -0.399 e. The summed E-state index contributed by atoms with van der Waals surface area (Å²) in [6.45, 7) is 0. The maximum Gasteiger partial charge on any atom is 0.277 e. The van der Waals surface area contributed by atoms with Gasteiger partial charge < -0.3 is 5.73 Å². The lowest BCUT2D eigenvalue weighted by Gasteiger charge is -1.98. The highest BCUT2D eigenvalue weighted by molar-refractivity contribution is 7.22. The van der Waals surface area contributed by atoms with E-state index in [-0.39, 0.29) is 11.3 Å². The number of rotatable bonds is 2. The van der Waals surface area contributed by atoms with E-state index in [4.69, 9.17) is 5.73 Å². The predicted molar refractivity (Wildman–Crippen MR) is 76.8 cm³/mol. The Hall–Kier alpha value is -2.74. The molecule has 0 saturated carbocycles. The van der Waals surface area contributed by atoms with E-state index in [9.17, 15) is 9.59 Å². The first-order valence-electron chi connectivity index (χ1n) is 5.65. The number of amides is 1. The van der Waals surface area contributed by atoms with Gasteiger partial charge in [0.1, 0.15) is 5.69 Å². The summed E-state index contributed by atoms with van der Waals surface area (Å²) in [6, 6.07) is 7.91. The molecule has 0 spiro atoms. The lowest BCUT2D eigenvalue weighted by molar-refractivity contribution is 0.102. The van der Waals surface area contributed by atoms with Crippen LogP contribution in [0.3, 0.4) is 0 Å². The highest BCUT2D eigenvalue weighted by Crippen LogP contribution is 2.27. The van der Waals surface area contributed by atoms with Crippen LogP contribution in [-0.2, 0) is 0 Å². The maximum absolute atomic E-state index is 11.9. The number of nitrogens with two attached hydrogens (primary N) is 1. The summed E-state index contributed by atoms with van der Waals surface area (Å²) in [5.74, 6) is -0.437. The molecule has 0 unspecified atom stereocenters. The number of aromatic nitrogens is 3. The molecule has 1 aromatic carbocycles. The van der Waals surface area contributed by atoms with Crippen molar-refractivity contribution in [2.45, 2.75) is 0 Å². The van der Waals surface area contributed by atoms with E-state index in [0.717, 1.165) is 10.2 Å². The van der Waals surface area contributed by atoms with Gasteiger partial charge in [0.2, 0.25) is 0 Å². The number of benzene rings is 1. The van der Waals surface area contributed by atoms with Crippen LogP contribution in [0, 0.1) is 0 Å². The van der Waals surface area contributed by atoms with Gasteiger partial charge in [0, 0.05) is 11.8 Å². The number of carbonyl (C=O) groups excluding carboxylic acids is 1. The topological polar surface area (TPSA) is 114 Å². The van der Waals surface area contributed by atoms with Crippen LogP contribution in [0.15, 0.2) is 35.1 Å². The number of hydrogen-bond acceptors (Lipinski definition) is 6. The molecule has 0 radical (unpaired) electrons. The first-order chi connectivity index (χ1) is 9.61. The minimum atomic E-state index is -0.437. The van der Waals surface area contributed by atoms with E-state index < -0.39 is 5.91 Å². The number of aromatic amines is 1. The summed E-state index contributed by atoms with van der Waals surface area (Å²) in [6.07, 6.45) is 0. The summed E-state index contributed by atoms with van der Waals surface area (Å²) in [5, 5.41) is 8.93. The van der Waals surface area contributed by atoms with Gasteiger partial charge in [-0.1, -0.05) is 11.3 Å². The molecule has 0 saturated heterocycles. The van der Waals surface area contributed by atoms with Crippen molar-refractivity contribution in [2.75, 3.05) is 11.1 Å². The van der Waals surface area contributed by atoms with Crippen molar-refractivity contribution < 1.29 is 4.79 Å². The highest BCUT2D eigenvalue weighted by atomic mass is 32.1. The van der Waals surface area contributed by atoms with E-state index in [1.165, 1.54) is 23.5 Å². The van der Waals surface area contributed by atoms with Crippen molar-refractivity contribution in [1.82, 2.24) is 15.2 Å². The van der Waals surface area contributed by atoms with Crippen molar-refractivity contribution in [3.05, 3.63) is 46.4 Å². The van der Waals surface area contributed by atoms with Gasteiger partial charge in [-0.25, -0.2) is 10.1 Å². The second kappa shape index (κ2) is 4.74. The van der Waals surface area contributed by atoms with E-state index >= 15 is 0 Å². The van der Waals surface area contributed by atoms with Crippen molar-refractivity contribution in [2.24, 2.45) is 0 Å². The summed E-state index contributed by atoms with van der Waals surface area (Å²) in [7, 11) is 0. The lowest BCUT2D eigenvalue weighted by atomic mass is 10.3. The van der Waals surface area contributed by atoms with Gasteiger partial charge in [-0.2, -0.15) is 5.10 Å². The second-order valence-electron chi connectivity index (χ2n) is 4.01. The van der Waals surface area contributed by atoms with Gasteiger partial charge in [0.25, 0.3) is 11.5 Å². The Morgan fingerprint density at radius 1 is 1.30 bits per heavy atom. The molecule has 100 valence electrons. The molecule has 0 fully saturated rings. The average molecular weight is 287 g/mol. The largest absolute Gasteiger partial charge is 0.399 e. The molecule has 0 bridgehead atoms. The fourth-order valence-corrected chi connectivity index (χ4v) is 2.54. The zero-order chi connectivity index (χ0) is 14.1.